The Balaban J connectivity index is 1.97. The summed E-state index contributed by atoms with van der Waals surface area (Å²) in [6, 6.07) is 2.69. The van der Waals surface area contributed by atoms with Gasteiger partial charge in [0.25, 0.3) is 5.91 Å². The molecule has 2 rings (SSSR count). The van der Waals surface area contributed by atoms with Crippen molar-refractivity contribution in [2.45, 2.75) is 26.2 Å². The second-order valence-corrected chi connectivity index (χ2v) is 5.73. The van der Waals surface area contributed by atoms with Gasteiger partial charge in [0.05, 0.1) is 18.0 Å². The molecule has 0 unspecified atom stereocenters. The lowest BCUT2D eigenvalue weighted by molar-refractivity contribution is -0.385. The van der Waals surface area contributed by atoms with E-state index in [1.165, 1.54) is 19.2 Å². The summed E-state index contributed by atoms with van der Waals surface area (Å²) in [7, 11) is 1.31. The highest BCUT2D eigenvalue weighted by molar-refractivity contribution is 5.94. The van der Waals surface area contributed by atoms with Crippen LogP contribution in [0.4, 0.5) is 11.4 Å². The summed E-state index contributed by atoms with van der Waals surface area (Å²) in [5.41, 5.74) is 0.684. The second-order valence-electron chi connectivity index (χ2n) is 5.73. The quantitative estimate of drug-likeness (QED) is 0.366. The molecule has 0 spiro atoms. The number of methoxy groups -OCH3 is 1. The van der Waals surface area contributed by atoms with Crippen molar-refractivity contribution in [3.05, 3.63) is 40.0 Å². The van der Waals surface area contributed by atoms with E-state index in [1.807, 2.05) is 12.2 Å². The molecule has 1 N–H and O–H groups in total. The molecule has 8 nitrogen and oxygen atoms in total. The number of esters is 1. The smallest absolute Gasteiger partial charge is 0.311 e. The minimum absolute atomic E-state index is 0.0388. The predicted octanol–water partition coefficient (Wildman–Crippen LogP) is 2.75. The molecule has 1 aliphatic rings. The number of aryl methyl sites for hydroxylation is 1. The normalized spacial score (nSPS) is 16.2. The van der Waals surface area contributed by atoms with Gasteiger partial charge >= 0.3 is 11.7 Å². The molecule has 0 aromatic heterocycles. The number of nitrogens with one attached hydrogen (secondary N) is 1. The highest BCUT2D eigenvalue weighted by Crippen LogP contribution is 2.32. The molecule has 0 radical (unpaired) electrons. The van der Waals surface area contributed by atoms with Crippen LogP contribution in [0.25, 0.3) is 0 Å². The van der Waals surface area contributed by atoms with E-state index < -0.39 is 23.4 Å². The summed E-state index contributed by atoms with van der Waals surface area (Å²) < 4.78 is 10.0. The first-order valence-electron chi connectivity index (χ1n) is 7.87. The van der Waals surface area contributed by atoms with Gasteiger partial charge in [-0.25, -0.2) is 0 Å². The Labute approximate surface area is 145 Å². The van der Waals surface area contributed by atoms with E-state index in [2.05, 4.69) is 5.32 Å². The number of allylic oxidation sites excluding steroid dienone is 2. The predicted molar refractivity (Wildman–Crippen MR) is 90.5 cm³/mol. The number of carbonyl (C=O) groups excluding carboxylic acids is 2. The van der Waals surface area contributed by atoms with Crippen LogP contribution in [0.2, 0.25) is 0 Å². The first-order valence-corrected chi connectivity index (χ1v) is 7.87. The molecule has 8 heteroatoms. The van der Waals surface area contributed by atoms with Crippen LogP contribution < -0.4 is 10.1 Å². The fourth-order valence-corrected chi connectivity index (χ4v) is 2.56. The van der Waals surface area contributed by atoms with Crippen LogP contribution in [-0.2, 0) is 14.3 Å². The zero-order chi connectivity index (χ0) is 18.4. The zero-order valence-electron chi connectivity index (χ0n) is 14.1. The van der Waals surface area contributed by atoms with Crippen molar-refractivity contribution in [2.24, 2.45) is 5.92 Å². The Hall–Kier alpha value is -2.90. The van der Waals surface area contributed by atoms with Crippen LogP contribution in [-0.4, -0.2) is 30.5 Å². The number of hydrogen-bond donors (Lipinski definition) is 1. The summed E-state index contributed by atoms with van der Waals surface area (Å²) in [6.07, 6.45) is 6.12. The fourth-order valence-electron chi connectivity index (χ4n) is 2.56. The minimum atomic E-state index is -0.558. The van der Waals surface area contributed by atoms with Crippen molar-refractivity contribution >= 4 is 23.3 Å². The van der Waals surface area contributed by atoms with E-state index in [1.54, 1.807) is 6.92 Å². The fraction of sp³-hybridized carbons (Fsp3) is 0.412. The first-order chi connectivity index (χ1) is 11.9. The van der Waals surface area contributed by atoms with Crippen LogP contribution in [0, 0.1) is 23.0 Å². The Morgan fingerprint density at radius 2 is 2.12 bits per heavy atom. The molecule has 134 valence electrons. The molecule has 0 fully saturated rings. The molecule has 1 atom stereocenters. The Morgan fingerprint density at radius 3 is 2.72 bits per heavy atom. The molecule has 0 saturated heterocycles. The van der Waals surface area contributed by atoms with Crippen molar-refractivity contribution in [3.63, 3.8) is 0 Å². The van der Waals surface area contributed by atoms with E-state index in [9.17, 15) is 19.7 Å². The number of amides is 1. The van der Waals surface area contributed by atoms with Crippen molar-refractivity contribution in [1.29, 1.82) is 0 Å². The maximum Gasteiger partial charge on any atom is 0.311 e. The van der Waals surface area contributed by atoms with Crippen molar-refractivity contribution in [3.8, 4) is 5.75 Å². The number of anilines is 1. The van der Waals surface area contributed by atoms with Gasteiger partial charge in [-0.05, 0) is 31.7 Å². The van der Waals surface area contributed by atoms with Crippen LogP contribution in [0.3, 0.4) is 0 Å². The summed E-state index contributed by atoms with van der Waals surface area (Å²) >= 11 is 0. The monoisotopic (exact) mass is 348 g/mol. The van der Waals surface area contributed by atoms with E-state index >= 15 is 0 Å². The Morgan fingerprint density at radius 1 is 1.36 bits per heavy atom. The van der Waals surface area contributed by atoms with Gasteiger partial charge in [-0.2, -0.15) is 0 Å². The topological polar surface area (TPSA) is 108 Å². The third-order valence-corrected chi connectivity index (χ3v) is 3.94. The number of ether oxygens (including phenoxy) is 2. The summed E-state index contributed by atoms with van der Waals surface area (Å²) in [4.78, 5) is 34.3. The second kappa shape index (κ2) is 8.27. The summed E-state index contributed by atoms with van der Waals surface area (Å²) in [5.74, 6) is -1.08. The van der Waals surface area contributed by atoms with Gasteiger partial charge in [-0.15, -0.1) is 0 Å². The molecule has 1 amide bonds. The highest BCUT2D eigenvalue weighted by Gasteiger charge is 2.22. The molecule has 0 heterocycles. The lowest BCUT2D eigenvalue weighted by Crippen LogP contribution is -2.25. The Kier molecular flexibility index (Phi) is 6.10. The van der Waals surface area contributed by atoms with Gasteiger partial charge in [0.2, 0.25) is 0 Å². The average Bonchev–Trinajstić information content (AvgIpc) is 2.61. The SMILES string of the molecule is COc1cc(NC(=O)COC(=O)[C@H]2CC=CCC2)c(C)cc1[N+](=O)[O-]. The molecule has 0 saturated carbocycles. The lowest BCUT2D eigenvalue weighted by Gasteiger charge is -2.16. The van der Waals surface area contributed by atoms with Gasteiger partial charge in [-0.1, -0.05) is 12.2 Å². The van der Waals surface area contributed by atoms with E-state index in [4.69, 9.17) is 9.47 Å². The molecule has 1 aromatic carbocycles. The number of rotatable bonds is 6. The highest BCUT2D eigenvalue weighted by atomic mass is 16.6. The largest absolute Gasteiger partial charge is 0.490 e. The van der Waals surface area contributed by atoms with Gasteiger partial charge in [0.1, 0.15) is 0 Å². The lowest BCUT2D eigenvalue weighted by atomic mass is 9.95. The van der Waals surface area contributed by atoms with Crippen molar-refractivity contribution in [2.75, 3.05) is 19.0 Å². The third-order valence-electron chi connectivity index (χ3n) is 3.94. The molecule has 0 bridgehead atoms. The van der Waals surface area contributed by atoms with E-state index in [-0.39, 0.29) is 17.4 Å². The van der Waals surface area contributed by atoms with Crippen LogP contribution in [0.5, 0.6) is 5.75 Å². The number of nitro groups is 1. The molecule has 0 aliphatic heterocycles. The van der Waals surface area contributed by atoms with Gasteiger partial charge in [0, 0.05) is 17.8 Å². The average molecular weight is 348 g/mol. The number of nitrogens with zero attached hydrogens (tertiary/aromatic N) is 1. The van der Waals surface area contributed by atoms with Crippen molar-refractivity contribution < 1.29 is 24.0 Å². The van der Waals surface area contributed by atoms with Gasteiger partial charge in [-0.3, -0.25) is 19.7 Å². The Bertz CT molecular complexity index is 713. The number of hydrogen-bond acceptors (Lipinski definition) is 6. The van der Waals surface area contributed by atoms with Crippen LogP contribution >= 0.6 is 0 Å². The summed E-state index contributed by atoms with van der Waals surface area (Å²) in [6.45, 7) is 1.22. The zero-order valence-corrected chi connectivity index (χ0v) is 14.1. The van der Waals surface area contributed by atoms with E-state index in [0.29, 0.717) is 17.7 Å². The molecule has 25 heavy (non-hydrogen) atoms. The van der Waals surface area contributed by atoms with Crippen LogP contribution in [0.15, 0.2) is 24.3 Å². The van der Waals surface area contributed by atoms with Crippen LogP contribution in [0.1, 0.15) is 24.8 Å². The maximum atomic E-state index is 12.0. The molecule has 1 aromatic rings. The van der Waals surface area contributed by atoms with Gasteiger partial charge < -0.3 is 14.8 Å². The number of benzene rings is 1. The minimum Gasteiger partial charge on any atom is -0.490 e. The molecular formula is C17H20N2O6. The summed E-state index contributed by atoms with van der Waals surface area (Å²) in [5, 5.41) is 13.5. The van der Waals surface area contributed by atoms with Gasteiger partial charge in [0.15, 0.2) is 12.4 Å². The standard InChI is InChI=1S/C17H20N2O6/c1-11-8-14(19(22)23)15(24-2)9-13(11)18-16(20)10-25-17(21)12-6-4-3-5-7-12/h3-4,8-9,12H,5-7,10H2,1-2H3,(H,18,20)/t12-/m0/s1. The third kappa shape index (κ3) is 4.79. The molecular weight excluding hydrogens is 328 g/mol. The van der Waals surface area contributed by atoms with E-state index in [0.717, 1.165) is 12.8 Å². The maximum absolute atomic E-state index is 12.0. The van der Waals surface area contributed by atoms with Crippen molar-refractivity contribution in [1.82, 2.24) is 0 Å². The number of carbonyl (C=O) groups is 2. The number of nitro benzene ring substituents is 1. The first kappa shape index (κ1) is 18.4. The molecule has 1 aliphatic carbocycles.